The van der Waals surface area contributed by atoms with Gasteiger partial charge in [0.15, 0.2) is 5.65 Å². The second-order valence-electron chi connectivity index (χ2n) is 2.40. The molecule has 0 unspecified atom stereocenters. The van der Waals surface area contributed by atoms with Gasteiger partial charge in [0, 0.05) is 6.20 Å². The summed E-state index contributed by atoms with van der Waals surface area (Å²) in [5.74, 6) is -0.242. The summed E-state index contributed by atoms with van der Waals surface area (Å²) in [5.41, 5.74) is 6.34. The van der Waals surface area contributed by atoms with Crippen LogP contribution in [0.5, 0.6) is 0 Å². The highest BCUT2D eigenvalue weighted by Gasteiger charge is 1.90. The van der Waals surface area contributed by atoms with Gasteiger partial charge in [-0.2, -0.15) is 12.6 Å². The zero-order chi connectivity index (χ0) is 10.4. The molecule has 3 N–H and O–H groups in total. The molecule has 5 nitrogen and oxygen atoms in total. The number of thiol groups is 1. The van der Waals surface area contributed by atoms with Crippen molar-refractivity contribution in [3.63, 3.8) is 0 Å². The minimum absolute atomic E-state index is 0.139. The molecular formula is C8H10N4OS. The highest BCUT2D eigenvalue weighted by molar-refractivity contribution is 7.81. The van der Waals surface area contributed by atoms with E-state index in [0.29, 0.717) is 0 Å². The number of hydrogen-bond donors (Lipinski definition) is 3. The fourth-order valence-corrected chi connectivity index (χ4v) is 0.775. The number of H-pyrrole nitrogens is 1. The molecule has 74 valence electrons. The van der Waals surface area contributed by atoms with E-state index in [1.807, 2.05) is 12.1 Å². The normalized spacial score (nSPS) is 9.21. The minimum atomic E-state index is -0.381. The number of nitrogens with two attached hydrogens (primary N) is 1. The second-order valence-corrected chi connectivity index (χ2v) is 2.72. The average Bonchev–Trinajstić information content (AvgIpc) is 2.66. The molecule has 2 aromatic rings. The molecule has 0 aliphatic rings. The first-order valence-corrected chi connectivity index (χ1v) is 4.50. The van der Waals surface area contributed by atoms with Gasteiger partial charge in [0.05, 0.1) is 17.6 Å². The molecule has 1 amide bonds. The number of primary amides is 1. The van der Waals surface area contributed by atoms with Gasteiger partial charge in [-0.25, -0.2) is 9.97 Å². The molecule has 0 aromatic carbocycles. The maximum absolute atomic E-state index is 9.51. The van der Waals surface area contributed by atoms with Crippen LogP contribution >= 0.6 is 12.6 Å². The number of hydrogen-bond acceptors (Lipinski definition) is 4. The van der Waals surface area contributed by atoms with Gasteiger partial charge >= 0.3 is 0 Å². The fourth-order valence-electron chi connectivity index (χ4n) is 0.775. The van der Waals surface area contributed by atoms with Gasteiger partial charge < -0.3 is 10.7 Å². The standard InChI is InChI=1S/C6H5N3.C2H5NOS/c1-2-5-6(7-3-1)9-4-8-5;3-2(4)1-5/h1-4H,(H,7,8,9);5H,1H2,(H2,3,4). The summed E-state index contributed by atoms with van der Waals surface area (Å²) in [4.78, 5) is 20.4. The van der Waals surface area contributed by atoms with Crippen LogP contribution in [0.15, 0.2) is 24.7 Å². The maximum atomic E-state index is 9.51. The Bertz CT molecular complexity index is 384. The molecule has 0 aliphatic carbocycles. The van der Waals surface area contributed by atoms with Gasteiger partial charge in [-0.3, -0.25) is 4.79 Å². The summed E-state index contributed by atoms with van der Waals surface area (Å²) < 4.78 is 0. The van der Waals surface area contributed by atoms with Gasteiger partial charge in [0.2, 0.25) is 5.91 Å². The average molecular weight is 210 g/mol. The van der Waals surface area contributed by atoms with Crippen LogP contribution in [0.25, 0.3) is 11.2 Å². The van der Waals surface area contributed by atoms with E-state index in [2.05, 4.69) is 33.3 Å². The number of carbonyl (C=O) groups excluding carboxylic acids is 1. The Morgan fingerprint density at radius 3 is 2.86 bits per heavy atom. The summed E-state index contributed by atoms with van der Waals surface area (Å²) in [6.07, 6.45) is 3.36. The molecule has 0 spiro atoms. The van der Waals surface area contributed by atoms with Gasteiger partial charge in [-0.05, 0) is 12.1 Å². The van der Waals surface area contributed by atoms with Crippen molar-refractivity contribution in [1.29, 1.82) is 0 Å². The van der Waals surface area contributed by atoms with Crippen molar-refractivity contribution in [2.24, 2.45) is 5.73 Å². The lowest BCUT2D eigenvalue weighted by Crippen LogP contribution is -2.10. The molecule has 0 saturated carbocycles. The van der Waals surface area contributed by atoms with Crippen LogP contribution < -0.4 is 5.73 Å². The Kier molecular flexibility index (Phi) is 3.93. The SMILES string of the molecule is NC(=O)CS.c1cnc2nc[nH]c2c1. The Balaban J connectivity index is 0.000000171. The van der Waals surface area contributed by atoms with Crippen molar-refractivity contribution in [3.8, 4) is 0 Å². The second kappa shape index (κ2) is 5.23. The van der Waals surface area contributed by atoms with Crippen LogP contribution in [-0.4, -0.2) is 26.6 Å². The molecule has 0 bridgehead atoms. The van der Waals surface area contributed by atoms with Crippen molar-refractivity contribution in [2.75, 3.05) is 5.75 Å². The van der Waals surface area contributed by atoms with Crippen LogP contribution in [0.1, 0.15) is 0 Å². The third kappa shape index (κ3) is 3.06. The molecule has 0 radical (unpaired) electrons. The molecule has 2 rings (SSSR count). The predicted octanol–water partition coefficient (Wildman–Crippen LogP) is 0.359. The van der Waals surface area contributed by atoms with Crippen LogP contribution in [-0.2, 0) is 4.79 Å². The smallest absolute Gasteiger partial charge is 0.227 e. The fraction of sp³-hybridized carbons (Fsp3) is 0.125. The number of carbonyl (C=O) groups is 1. The first-order valence-electron chi connectivity index (χ1n) is 3.87. The van der Waals surface area contributed by atoms with Crippen molar-refractivity contribution in [1.82, 2.24) is 15.0 Å². The zero-order valence-electron chi connectivity index (χ0n) is 7.34. The number of aromatic nitrogens is 3. The Labute approximate surface area is 86.2 Å². The lowest BCUT2D eigenvalue weighted by molar-refractivity contribution is -0.115. The Morgan fingerprint density at radius 2 is 2.29 bits per heavy atom. The van der Waals surface area contributed by atoms with E-state index in [1.165, 1.54) is 0 Å². The largest absolute Gasteiger partial charge is 0.369 e. The minimum Gasteiger partial charge on any atom is -0.369 e. The zero-order valence-corrected chi connectivity index (χ0v) is 8.24. The first kappa shape index (κ1) is 10.5. The molecule has 6 heteroatoms. The van der Waals surface area contributed by atoms with E-state index in [9.17, 15) is 4.79 Å². The number of nitrogens with one attached hydrogen (secondary N) is 1. The van der Waals surface area contributed by atoms with Gasteiger partial charge in [-0.15, -0.1) is 0 Å². The van der Waals surface area contributed by atoms with E-state index in [0.717, 1.165) is 11.2 Å². The Hall–Kier alpha value is -1.56. The number of aromatic amines is 1. The quantitative estimate of drug-likeness (QED) is 0.594. The Morgan fingerprint density at radius 1 is 1.57 bits per heavy atom. The van der Waals surface area contributed by atoms with Crippen molar-refractivity contribution in [3.05, 3.63) is 24.7 Å². The first-order chi connectivity index (χ1) is 6.74. The molecule has 0 aliphatic heterocycles. The number of imidazole rings is 1. The molecule has 2 heterocycles. The molecule has 0 fully saturated rings. The summed E-state index contributed by atoms with van der Waals surface area (Å²) in [5, 5.41) is 0. The van der Waals surface area contributed by atoms with Gasteiger partial charge in [0.1, 0.15) is 0 Å². The highest BCUT2D eigenvalue weighted by atomic mass is 32.1. The lowest BCUT2D eigenvalue weighted by Gasteiger charge is -1.80. The molecule has 14 heavy (non-hydrogen) atoms. The van der Waals surface area contributed by atoms with Crippen molar-refractivity contribution in [2.45, 2.75) is 0 Å². The third-order valence-electron chi connectivity index (χ3n) is 1.35. The third-order valence-corrected chi connectivity index (χ3v) is 1.66. The molecule has 2 aromatic heterocycles. The number of rotatable bonds is 1. The highest BCUT2D eigenvalue weighted by Crippen LogP contribution is 2.01. The topological polar surface area (TPSA) is 84.7 Å². The van der Waals surface area contributed by atoms with E-state index < -0.39 is 0 Å². The summed E-state index contributed by atoms with van der Waals surface area (Å²) in [6, 6.07) is 3.82. The van der Waals surface area contributed by atoms with Crippen molar-refractivity contribution >= 4 is 29.7 Å². The molecular weight excluding hydrogens is 200 g/mol. The van der Waals surface area contributed by atoms with Gasteiger partial charge in [-0.1, -0.05) is 0 Å². The predicted molar refractivity (Wildman–Crippen MR) is 56.9 cm³/mol. The van der Waals surface area contributed by atoms with Crippen molar-refractivity contribution < 1.29 is 4.79 Å². The van der Waals surface area contributed by atoms with Crippen LogP contribution in [0.3, 0.4) is 0 Å². The molecule has 0 atom stereocenters. The van der Waals surface area contributed by atoms with Crippen LogP contribution in [0, 0.1) is 0 Å². The van der Waals surface area contributed by atoms with E-state index >= 15 is 0 Å². The number of nitrogens with zero attached hydrogens (tertiary/aromatic N) is 2. The summed E-state index contributed by atoms with van der Waals surface area (Å²) in [6.45, 7) is 0. The van der Waals surface area contributed by atoms with Gasteiger partial charge in [0.25, 0.3) is 0 Å². The summed E-state index contributed by atoms with van der Waals surface area (Å²) in [7, 11) is 0. The van der Waals surface area contributed by atoms with E-state index in [-0.39, 0.29) is 11.7 Å². The van der Waals surface area contributed by atoms with E-state index in [4.69, 9.17) is 0 Å². The lowest BCUT2D eigenvalue weighted by atomic mass is 10.4. The number of fused-ring (bicyclic) bond motifs is 1. The van der Waals surface area contributed by atoms with Crippen LogP contribution in [0.2, 0.25) is 0 Å². The summed E-state index contributed by atoms with van der Waals surface area (Å²) >= 11 is 3.54. The maximum Gasteiger partial charge on any atom is 0.227 e. The number of pyridine rings is 1. The molecule has 0 saturated heterocycles. The van der Waals surface area contributed by atoms with Crippen LogP contribution in [0.4, 0.5) is 0 Å². The monoisotopic (exact) mass is 210 g/mol. The van der Waals surface area contributed by atoms with E-state index in [1.54, 1.807) is 12.5 Å². The number of amides is 1.